The molecule has 0 bridgehead atoms. The molecule has 1 rings (SSSR count). The van der Waals surface area contributed by atoms with E-state index >= 15 is 0 Å². The predicted molar refractivity (Wildman–Crippen MR) is 86.4 cm³/mol. The van der Waals surface area contributed by atoms with Crippen LogP contribution in [0.3, 0.4) is 0 Å². The van der Waals surface area contributed by atoms with Gasteiger partial charge in [-0.05, 0) is 24.6 Å². The van der Waals surface area contributed by atoms with Crippen LogP contribution in [0.5, 0.6) is 0 Å². The van der Waals surface area contributed by atoms with Crippen LogP contribution in [0, 0.1) is 74.9 Å². The van der Waals surface area contributed by atoms with Crippen LogP contribution in [0.1, 0.15) is 27.2 Å². The Morgan fingerprint density at radius 1 is 0.833 bits per heavy atom. The largest absolute Gasteiger partial charge is 1.00 e. The molecule has 7 heteroatoms. The van der Waals surface area contributed by atoms with E-state index < -0.39 is 8.32 Å². The standard InChI is InChI=1S/C17H19N4OSi.Na/c1-17(2,3)23(4,5)22-7-6-12-13(8-18)15(10-20)16(11-21)14(12)9-19;/h6-7H2,1-5H3;/q;+1. The SMILES string of the molecule is CC(C)(C)[Si](C)(C)OCC[C]1[C](C#N)[C](C#N)[C](C#N)[C]1C#N.[Na+]. The molecule has 1 fully saturated rings. The van der Waals surface area contributed by atoms with Crippen molar-refractivity contribution in [3.63, 3.8) is 0 Å². The number of nitriles is 4. The molecular weight excluding hydrogens is 327 g/mol. The van der Waals surface area contributed by atoms with E-state index in [4.69, 9.17) is 4.43 Å². The van der Waals surface area contributed by atoms with Crippen molar-refractivity contribution in [2.45, 2.75) is 45.3 Å². The Morgan fingerprint density at radius 3 is 1.50 bits per heavy atom. The molecule has 24 heavy (non-hydrogen) atoms. The summed E-state index contributed by atoms with van der Waals surface area (Å²) in [6, 6.07) is 7.63. The molecule has 0 saturated heterocycles. The Hall–Kier alpha value is -0.863. The van der Waals surface area contributed by atoms with Gasteiger partial charge in [-0.2, -0.15) is 21.0 Å². The molecule has 1 aliphatic carbocycles. The molecule has 1 aliphatic rings. The molecule has 117 valence electrons. The number of hydrogen-bond acceptors (Lipinski definition) is 5. The molecule has 0 amide bonds. The van der Waals surface area contributed by atoms with Crippen molar-refractivity contribution in [1.29, 1.82) is 21.0 Å². The fourth-order valence-electron chi connectivity index (χ4n) is 2.02. The number of hydrogen-bond donors (Lipinski definition) is 0. The van der Waals surface area contributed by atoms with Crippen LogP contribution < -0.4 is 29.6 Å². The number of rotatable bonds is 4. The molecule has 0 aromatic carbocycles. The van der Waals surface area contributed by atoms with Crippen LogP contribution in [0.4, 0.5) is 0 Å². The topological polar surface area (TPSA) is 104 Å². The van der Waals surface area contributed by atoms with Crippen molar-refractivity contribution in [2.75, 3.05) is 6.61 Å². The molecule has 5 nitrogen and oxygen atoms in total. The van der Waals surface area contributed by atoms with Crippen molar-refractivity contribution in [3.8, 4) is 24.3 Å². The number of nitrogens with zero attached hydrogens (tertiary/aromatic N) is 4. The third kappa shape index (κ3) is 4.61. The molecule has 0 unspecified atom stereocenters. The minimum absolute atomic E-state index is 0. The molecule has 0 aromatic heterocycles. The third-order valence-electron chi connectivity index (χ3n) is 4.42. The van der Waals surface area contributed by atoms with Gasteiger partial charge in [-0.3, -0.25) is 0 Å². The van der Waals surface area contributed by atoms with Crippen LogP contribution in [-0.4, -0.2) is 14.9 Å². The Kier molecular flexibility index (Phi) is 8.68. The average molecular weight is 346 g/mol. The zero-order valence-electron chi connectivity index (χ0n) is 15.1. The summed E-state index contributed by atoms with van der Waals surface area (Å²) >= 11 is 0. The summed E-state index contributed by atoms with van der Waals surface area (Å²) in [6.45, 7) is 11.0. The van der Waals surface area contributed by atoms with E-state index in [-0.39, 0.29) is 58.3 Å². The summed E-state index contributed by atoms with van der Waals surface area (Å²) in [4.78, 5) is 0. The van der Waals surface area contributed by atoms with E-state index in [9.17, 15) is 21.0 Å². The monoisotopic (exact) mass is 346 g/mol. The van der Waals surface area contributed by atoms with Crippen molar-refractivity contribution in [3.05, 3.63) is 29.6 Å². The second-order valence-corrected chi connectivity index (χ2v) is 11.6. The third-order valence-corrected chi connectivity index (χ3v) is 8.96. The predicted octanol–water partition coefficient (Wildman–Crippen LogP) is 0.383. The van der Waals surface area contributed by atoms with Crippen LogP contribution in [-0.2, 0) is 4.43 Å². The summed E-state index contributed by atoms with van der Waals surface area (Å²) in [5, 5.41) is 37.0. The smallest absolute Gasteiger partial charge is 0.417 e. The minimum atomic E-state index is -1.93. The average Bonchev–Trinajstić information content (AvgIpc) is 2.77. The van der Waals surface area contributed by atoms with E-state index in [2.05, 4.69) is 33.9 Å². The molecule has 0 atom stereocenters. The molecular formula is C17H19N4NaOSi+. The Morgan fingerprint density at radius 2 is 1.21 bits per heavy atom. The van der Waals surface area contributed by atoms with Gasteiger partial charge in [0.2, 0.25) is 0 Å². The van der Waals surface area contributed by atoms with Crippen LogP contribution in [0.2, 0.25) is 18.1 Å². The van der Waals surface area contributed by atoms with Crippen LogP contribution in [0.15, 0.2) is 0 Å². The first-order valence-corrected chi connectivity index (χ1v) is 10.1. The van der Waals surface area contributed by atoms with Gasteiger partial charge >= 0.3 is 29.6 Å². The molecule has 1 saturated carbocycles. The fourth-order valence-corrected chi connectivity index (χ4v) is 3.07. The fraction of sp³-hybridized carbons (Fsp3) is 0.471. The Bertz CT molecular complexity index is 565. The van der Waals surface area contributed by atoms with Gasteiger partial charge in [0, 0.05) is 12.5 Å². The van der Waals surface area contributed by atoms with Gasteiger partial charge in [0.05, 0.1) is 24.3 Å². The second kappa shape index (κ2) is 9.01. The van der Waals surface area contributed by atoms with E-state index in [0.29, 0.717) is 18.9 Å². The van der Waals surface area contributed by atoms with Crippen molar-refractivity contribution in [2.24, 2.45) is 0 Å². The van der Waals surface area contributed by atoms with E-state index in [1.165, 1.54) is 0 Å². The summed E-state index contributed by atoms with van der Waals surface area (Å²) in [6.07, 6.45) is 0.342. The van der Waals surface area contributed by atoms with Crippen molar-refractivity contribution < 1.29 is 34.0 Å². The Balaban J connectivity index is 0.00000529. The minimum Gasteiger partial charge on any atom is -0.417 e. The van der Waals surface area contributed by atoms with Gasteiger partial charge in [-0.15, -0.1) is 0 Å². The Labute approximate surface area is 168 Å². The quantitative estimate of drug-likeness (QED) is 0.685. The molecule has 5 radical (unpaired) electrons. The summed E-state index contributed by atoms with van der Waals surface area (Å²) < 4.78 is 6.07. The molecule has 0 heterocycles. The van der Waals surface area contributed by atoms with E-state index in [1.807, 2.05) is 24.3 Å². The van der Waals surface area contributed by atoms with Gasteiger partial charge < -0.3 is 4.43 Å². The zero-order valence-corrected chi connectivity index (χ0v) is 18.1. The van der Waals surface area contributed by atoms with E-state index in [0.717, 1.165) is 0 Å². The maximum Gasteiger partial charge on any atom is 1.00 e. The maximum atomic E-state index is 9.30. The maximum absolute atomic E-state index is 9.30. The van der Waals surface area contributed by atoms with Crippen LogP contribution >= 0.6 is 0 Å². The first-order valence-electron chi connectivity index (χ1n) is 7.24. The summed E-state index contributed by atoms with van der Waals surface area (Å²) in [5.74, 6) is 0.684. The van der Waals surface area contributed by atoms with Gasteiger partial charge in [0.1, 0.15) is 23.7 Å². The zero-order chi connectivity index (χ0) is 17.8. The van der Waals surface area contributed by atoms with Gasteiger partial charge in [0.25, 0.3) is 0 Å². The molecule has 0 aromatic rings. The summed E-state index contributed by atoms with van der Waals surface area (Å²) in [7, 11) is -1.93. The molecule has 0 aliphatic heterocycles. The van der Waals surface area contributed by atoms with Gasteiger partial charge in [0.15, 0.2) is 8.32 Å². The van der Waals surface area contributed by atoms with Crippen molar-refractivity contribution in [1.82, 2.24) is 0 Å². The van der Waals surface area contributed by atoms with Crippen LogP contribution in [0.25, 0.3) is 0 Å². The molecule has 0 spiro atoms. The van der Waals surface area contributed by atoms with Gasteiger partial charge in [-0.25, -0.2) is 0 Å². The van der Waals surface area contributed by atoms with E-state index in [1.54, 1.807) is 0 Å². The first-order chi connectivity index (χ1) is 10.6. The normalized spacial score (nSPS) is 18.2. The first kappa shape index (κ1) is 23.1. The molecule has 0 N–H and O–H groups in total. The summed E-state index contributed by atoms with van der Waals surface area (Å²) in [5.41, 5.74) is 0. The second-order valence-electron chi connectivity index (χ2n) is 6.78. The van der Waals surface area contributed by atoms with Crippen molar-refractivity contribution >= 4 is 8.32 Å². The van der Waals surface area contributed by atoms with Gasteiger partial charge in [-0.1, -0.05) is 20.8 Å².